The van der Waals surface area contributed by atoms with Crippen LogP contribution in [-0.4, -0.2) is 8.07 Å². The highest BCUT2D eigenvalue weighted by molar-refractivity contribution is 7.25. The first-order chi connectivity index (χ1) is 28.3. The molecule has 8 aromatic carbocycles. The fourth-order valence-corrected chi connectivity index (χ4v) is 16.6. The molecule has 1 nitrogen and oxygen atoms in total. The minimum absolute atomic E-state index is 0.157. The molecule has 3 aliphatic rings. The third kappa shape index (κ3) is 5.07. The zero-order valence-corrected chi connectivity index (χ0v) is 34.8. The first-order valence-electron chi connectivity index (χ1n) is 20.9. The van der Waals surface area contributed by atoms with Crippen molar-refractivity contribution in [3.63, 3.8) is 0 Å². The standard InChI is InChI=1S/C56H47NSi/c1-55(2)34-35-56(3,4)49-37-41(30-33-48(49)55)39-28-31-42(32-29-39)57(43-19-14-18-40(36-43)38-16-6-5-7-17-38)50-24-15-23-47-46-22-10-13-27-53(46)58(54(47)50)51-25-11-8-20-44(51)45-21-9-12-26-52(45)58/h5-33,36-37H,34-35H2,1-4H3. The average Bonchev–Trinajstić information content (AvgIpc) is 3.74. The van der Waals surface area contributed by atoms with Crippen molar-refractivity contribution in [2.24, 2.45) is 0 Å². The van der Waals surface area contributed by atoms with Gasteiger partial charge in [0.15, 0.2) is 8.07 Å². The van der Waals surface area contributed by atoms with Crippen molar-refractivity contribution < 1.29 is 0 Å². The lowest BCUT2D eigenvalue weighted by atomic mass is 9.63. The summed E-state index contributed by atoms with van der Waals surface area (Å²) >= 11 is 0. The predicted molar refractivity (Wildman–Crippen MR) is 249 cm³/mol. The van der Waals surface area contributed by atoms with Crippen molar-refractivity contribution in [2.75, 3.05) is 4.90 Å². The highest BCUT2D eigenvalue weighted by Crippen LogP contribution is 2.48. The Morgan fingerprint density at radius 3 is 1.52 bits per heavy atom. The molecule has 2 aliphatic heterocycles. The van der Waals surface area contributed by atoms with Gasteiger partial charge in [0, 0.05) is 17.1 Å². The molecule has 280 valence electrons. The number of rotatable bonds is 5. The lowest BCUT2D eigenvalue weighted by molar-refractivity contribution is 0.332. The summed E-state index contributed by atoms with van der Waals surface area (Å²) in [5.41, 5.74) is 17.3. The molecule has 0 saturated heterocycles. The maximum atomic E-state index is 2.55. The topological polar surface area (TPSA) is 3.24 Å². The fourth-order valence-electron chi connectivity index (χ4n) is 10.8. The summed E-state index contributed by atoms with van der Waals surface area (Å²) < 4.78 is 0. The summed E-state index contributed by atoms with van der Waals surface area (Å²) in [6.07, 6.45) is 2.43. The van der Waals surface area contributed by atoms with Gasteiger partial charge in [0.05, 0.1) is 0 Å². The Morgan fingerprint density at radius 1 is 0.379 bits per heavy atom. The van der Waals surface area contributed by atoms with E-state index in [0.717, 1.165) is 11.4 Å². The molecule has 0 N–H and O–H groups in total. The quantitative estimate of drug-likeness (QED) is 0.158. The van der Waals surface area contributed by atoms with Gasteiger partial charge in [-0.25, -0.2) is 0 Å². The smallest absolute Gasteiger partial charge is 0.184 e. The van der Waals surface area contributed by atoms with Gasteiger partial charge < -0.3 is 4.90 Å². The van der Waals surface area contributed by atoms with Crippen LogP contribution in [0.3, 0.4) is 0 Å². The zero-order valence-electron chi connectivity index (χ0n) is 33.8. The molecular formula is C56H47NSi. The van der Waals surface area contributed by atoms with E-state index in [-0.39, 0.29) is 10.8 Å². The van der Waals surface area contributed by atoms with Crippen LogP contribution < -0.4 is 25.6 Å². The van der Waals surface area contributed by atoms with E-state index in [1.54, 1.807) is 0 Å². The van der Waals surface area contributed by atoms with E-state index in [4.69, 9.17) is 0 Å². The van der Waals surface area contributed by atoms with E-state index < -0.39 is 8.07 Å². The van der Waals surface area contributed by atoms with E-state index in [9.17, 15) is 0 Å². The molecule has 11 rings (SSSR count). The highest BCUT2D eigenvalue weighted by atomic mass is 28.3. The molecule has 0 fully saturated rings. The molecule has 0 radical (unpaired) electrons. The summed E-state index contributed by atoms with van der Waals surface area (Å²) in [7, 11) is -2.75. The molecule has 1 spiro atoms. The molecule has 0 amide bonds. The van der Waals surface area contributed by atoms with Crippen LogP contribution in [-0.2, 0) is 10.8 Å². The van der Waals surface area contributed by atoms with Crippen LogP contribution in [0.5, 0.6) is 0 Å². The Balaban J connectivity index is 1.14. The lowest BCUT2D eigenvalue weighted by Gasteiger charge is -2.42. The molecule has 58 heavy (non-hydrogen) atoms. The highest BCUT2D eigenvalue weighted by Gasteiger charge is 2.55. The third-order valence-corrected chi connectivity index (χ3v) is 18.8. The van der Waals surface area contributed by atoms with Gasteiger partial charge in [-0.3, -0.25) is 0 Å². The molecule has 8 aromatic rings. The molecular weight excluding hydrogens is 715 g/mol. The number of fused-ring (bicyclic) bond motifs is 11. The molecule has 2 heterocycles. The Labute approximate surface area is 344 Å². The zero-order chi connectivity index (χ0) is 39.2. The second-order valence-electron chi connectivity index (χ2n) is 17.9. The maximum Gasteiger partial charge on any atom is 0.184 e. The Bertz CT molecular complexity index is 2840. The van der Waals surface area contributed by atoms with E-state index >= 15 is 0 Å². The maximum absolute atomic E-state index is 2.75. The lowest BCUT2D eigenvalue weighted by Crippen LogP contribution is -2.71. The first-order valence-corrected chi connectivity index (χ1v) is 22.9. The summed E-state index contributed by atoms with van der Waals surface area (Å²) in [5.74, 6) is 0. The van der Waals surface area contributed by atoms with Crippen molar-refractivity contribution in [1.82, 2.24) is 0 Å². The predicted octanol–water partition coefficient (Wildman–Crippen LogP) is 12.2. The molecule has 0 unspecified atom stereocenters. The fraction of sp³-hybridized carbons (Fsp3) is 0.143. The van der Waals surface area contributed by atoms with Crippen molar-refractivity contribution in [2.45, 2.75) is 51.4 Å². The van der Waals surface area contributed by atoms with E-state index in [1.807, 2.05) is 0 Å². The van der Waals surface area contributed by atoms with Crippen LogP contribution in [0.25, 0.3) is 44.5 Å². The van der Waals surface area contributed by atoms with Gasteiger partial charge in [-0.1, -0.05) is 185 Å². The monoisotopic (exact) mass is 761 g/mol. The van der Waals surface area contributed by atoms with E-state index in [2.05, 4.69) is 221 Å². The minimum atomic E-state index is -2.75. The number of hydrogen-bond acceptors (Lipinski definition) is 1. The van der Waals surface area contributed by atoms with Gasteiger partial charge in [0.2, 0.25) is 0 Å². The molecule has 0 bridgehead atoms. The summed E-state index contributed by atoms with van der Waals surface area (Å²) in [5, 5.41) is 5.94. The van der Waals surface area contributed by atoms with Gasteiger partial charge in [0.25, 0.3) is 0 Å². The second-order valence-corrected chi connectivity index (χ2v) is 21.5. The van der Waals surface area contributed by atoms with Gasteiger partial charge >= 0.3 is 0 Å². The van der Waals surface area contributed by atoms with Crippen LogP contribution >= 0.6 is 0 Å². The largest absolute Gasteiger partial charge is 0.311 e. The Morgan fingerprint density at radius 2 is 0.862 bits per heavy atom. The summed E-state index contributed by atoms with van der Waals surface area (Å²) in [4.78, 5) is 2.55. The molecule has 2 heteroatoms. The summed E-state index contributed by atoms with van der Waals surface area (Å²) in [6, 6.07) is 71.4. The Hall–Kier alpha value is -6.22. The third-order valence-electron chi connectivity index (χ3n) is 13.8. The normalized spacial score (nSPS) is 15.9. The van der Waals surface area contributed by atoms with Crippen LogP contribution in [0.1, 0.15) is 51.7 Å². The van der Waals surface area contributed by atoms with Crippen molar-refractivity contribution >= 4 is 45.9 Å². The second kappa shape index (κ2) is 12.9. The van der Waals surface area contributed by atoms with Crippen molar-refractivity contribution in [3.8, 4) is 44.5 Å². The Kier molecular flexibility index (Phi) is 7.78. The van der Waals surface area contributed by atoms with Gasteiger partial charge in [0.1, 0.15) is 0 Å². The van der Waals surface area contributed by atoms with Crippen LogP contribution in [0, 0.1) is 0 Å². The minimum Gasteiger partial charge on any atom is -0.311 e. The number of nitrogens with zero attached hydrogens (tertiary/aromatic N) is 1. The number of benzene rings is 8. The molecule has 1 aliphatic carbocycles. The van der Waals surface area contributed by atoms with Crippen molar-refractivity contribution in [1.29, 1.82) is 0 Å². The van der Waals surface area contributed by atoms with Crippen LogP contribution in [0.2, 0.25) is 0 Å². The van der Waals surface area contributed by atoms with Crippen molar-refractivity contribution in [3.05, 3.63) is 199 Å². The number of hydrogen-bond donors (Lipinski definition) is 0. The van der Waals surface area contributed by atoms with Gasteiger partial charge in [-0.15, -0.1) is 0 Å². The average molecular weight is 762 g/mol. The number of anilines is 3. The van der Waals surface area contributed by atoms with Crippen LogP contribution in [0.15, 0.2) is 188 Å². The molecule has 0 aromatic heterocycles. The molecule has 0 atom stereocenters. The van der Waals surface area contributed by atoms with Crippen LogP contribution in [0.4, 0.5) is 17.1 Å². The van der Waals surface area contributed by atoms with Gasteiger partial charge in [-0.2, -0.15) is 0 Å². The van der Waals surface area contributed by atoms with Gasteiger partial charge in [-0.05, 0) is 130 Å². The molecule has 0 saturated carbocycles. The SMILES string of the molecule is CC1(C)CCC(C)(C)c2cc(-c3ccc(N(c4cccc(-c5ccccc5)c4)c4cccc5c4[Si]4(c6ccccc6-c6ccccc64)c4ccccc4-5)cc3)ccc21. The first kappa shape index (κ1) is 35.0. The van der Waals surface area contributed by atoms with E-state index in [0.29, 0.717) is 0 Å². The van der Waals surface area contributed by atoms with E-state index in [1.165, 1.54) is 94.9 Å². The summed E-state index contributed by atoms with van der Waals surface area (Å²) in [6.45, 7) is 9.66.